The first-order valence-electron chi connectivity index (χ1n) is 4.73. The SMILES string of the molecule is CCCC[AsH]C(C)C=C(C)C(=O)O. The zero-order chi connectivity index (χ0) is 10.3. The van der Waals surface area contributed by atoms with Crippen molar-refractivity contribution >= 4 is 21.7 Å². The van der Waals surface area contributed by atoms with Crippen LogP contribution in [-0.4, -0.2) is 26.8 Å². The van der Waals surface area contributed by atoms with Gasteiger partial charge in [0.25, 0.3) is 0 Å². The summed E-state index contributed by atoms with van der Waals surface area (Å²) in [4.78, 5) is 10.5. The number of carboxylic acids is 1. The van der Waals surface area contributed by atoms with Crippen molar-refractivity contribution in [3.8, 4) is 0 Å². The quantitative estimate of drug-likeness (QED) is 0.444. The standard InChI is InChI=1S/C10H19AsO2/c1-4-5-6-11-9(3)7-8(2)10(12)13/h7,9,11H,4-6H2,1-3H3,(H,12,13). The molecule has 0 fully saturated rings. The molecule has 2 unspecified atom stereocenters. The normalized spacial score (nSPS) is 15.2. The maximum atomic E-state index is 10.5. The molecule has 0 amide bonds. The van der Waals surface area contributed by atoms with Gasteiger partial charge in [-0.25, -0.2) is 0 Å². The van der Waals surface area contributed by atoms with Crippen LogP contribution in [-0.2, 0) is 4.79 Å². The zero-order valence-corrected chi connectivity index (χ0v) is 10.7. The van der Waals surface area contributed by atoms with Crippen LogP contribution >= 0.6 is 0 Å². The third-order valence-electron chi connectivity index (χ3n) is 1.83. The minimum atomic E-state index is -0.783. The van der Waals surface area contributed by atoms with E-state index < -0.39 is 5.97 Å². The fourth-order valence-electron chi connectivity index (χ4n) is 1.01. The molecule has 0 aliphatic heterocycles. The Labute approximate surface area is 87.1 Å². The maximum absolute atomic E-state index is 10.5. The molecule has 0 aromatic heterocycles. The van der Waals surface area contributed by atoms with Gasteiger partial charge in [-0.3, -0.25) is 0 Å². The summed E-state index contributed by atoms with van der Waals surface area (Å²) in [5.74, 6) is -0.783. The molecule has 3 heteroatoms. The van der Waals surface area contributed by atoms with Crippen molar-refractivity contribution < 1.29 is 9.90 Å². The van der Waals surface area contributed by atoms with Crippen molar-refractivity contribution in [2.75, 3.05) is 0 Å². The molecule has 2 atom stereocenters. The van der Waals surface area contributed by atoms with Crippen molar-refractivity contribution in [3.05, 3.63) is 11.6 Å². The van der Waals surface area contributed by atoms with Crippen LogP contribution in [0.3, 0.4) is 0 Å². The number of allylic oxidation sites excluding steroid dienone is 1. The number of hydrogen-bond donors (Lipinski definition) is 1. The molecule has 0 heterocycles. The van der Waals surface area contributed by atoms with Crippen LogP contribution in [0.4, 0.5) is 0 Å². The van der Waals surface area contributed by atoms with E-state index in [1.54, 1.807) is 6.92 Å². The molecule has 76 valence electrons. The summed E-state index contributed by atoms with van der Waals surface area (Å²) in [5.41, 5.74) is 0.493. The molecule has 0 aliphatic carbocycles. The van der Waals surface area contributed by atoms with Gasteiger partial charge >= 0.3 is 86.8 Å². The molecule has 0 aliphatic rings. The Balaban J connectivity index is 3.78. The van der Waals surface area contributed by atoms with Gasteiger partial charge < -0.3 is 0 Å². The summed E-state index contributed by atoms with van der Waals surface area (Å²) in [6.45, 7) is 5.99. The van der Waals surface area contributed by atoms with E-state index in [0.717, 1.165) is 0 Å². The van der Waals surface area contributed by atoms with Crippen molar-refractivity contribution in [1.29, 1.82) is 0 Å². The fraction of sp³-hybridized carbons (Fsp3) is 0.700. The second-order valence-electron chi connectivity index (χ2n) is 3.25. The molecular weight excluding hydrogens is 227 g/mol. The minimum absolute atomic E-state index is 0.0288. The van der Waals surface area contributed by atoms with Crippen molar-refractivity contribution in [3.63, 3.8) is 0 Å². The second kappa shape index (κ2) is 7.20. The summed E-state index contributed by atoms with van der Waals surface area (Å²) in [6, 6.07) is 0. The van der Waals surface area contributed by atoms with Gasteiger partial charge in [0, 0.05) is 0 Å². The topological polar surface area (TPSA) is 37.3 Å². The van der Waals surface area contributed by atoms with Crippen molar-refractivity contribution in [2.45, 2.75) is 43.5 Å². The first-order chi connectivity index (χ1) is 6.07. The van der Waals surface area contributed by atoms with E-state index in [9.17, 15) is 4.79 Å². The number of carbonyl (C=O) groups is 1. The van der Waals surface area contributed by atoms with E-state index in [2.05, 4.69) is 13.8 Å². The second-order valence-corrected chi connectivity index (χ2v) is 7.07. The molecule has 0 spiro atoms. The summed E-state index contributed by atoms with van der Waals surface area (Å²) >= 11 is 0.0288. The Bertz CT molecular complexity index is 187. The predicted octanol–water partition coefficient (Wildman–Crippen LogP) is 2.48. The van der Waals surface area contributed by atoms with Gasteiger partial charge in [0.2, 0.25) is 0 Å². The monoisotopic (exact) mass is 246 g/mol. The molecule has 0 aromatic rings. The average Bonchev–Trinajstić information content (AvgIpc) is 2.04. The molecule has 0 aromatic carbocycles. The van der Waals surface area contributed by atoms with Crippen molar-refractivity contribution in [2.24, 2.45) is 0 Å². The molecule has 0 saturated heterocycles. The summed E-state index contributed by atoms with van der Waals surface area (Å²) in [5, 5.41) is 9.97. The van der Waals surface area contributed by atoms with Gasteiger partial charge in [-0.1, -0.05) is 0 Å². The predicted molar refractivity (Wildman–Crippen MR) is 57.7 cm³/mol. The van der Waals surface area contributed by atoms with E-state index in [-0.39, 0.29) is 15.8 Å². The summed E-state index contributed by atoms with van der Waals surface area (Å²) in [6.07, 6.45) is 4.44. The summed E-state index contributed by atoms with van der Waals surface area (Å²) < 4.78 is 0.516. The van der Waals surface area contributed by atoms with Crippen LogP contribution in [0.15, 0.2) is 11.6 Å². The third kappa shape index (κ3) is 6.89. The molecule has 0 rings (SSSR count). The van der Waals surface area contributed by atoms with Crippen LogP contribution in [0.2, 0.25) is 9.91 Å². The number of rotatable bonds is 6. The number of hydrogen-bond acceptors (Lipinski definition) is 1. The van der Waals surface area contributed by atoms with Gasteiger partial charge in [-0.15, -0.1) is 0 Å². The molecule has 13 heavy (non-hydrogen) atoms. The first kappa shape index (κ1) is 12.8. The molecule has 0 saturated carbocycles. The van der Waals surface area contributed by atoms with Gasteiger partial charge in [-0.2, -0.15) is 0 Å². The van der Waals surface area contributed by atoms with E-state index >= 15 is 0 Å². The first-order valence-corrected chi connectivity index (χ1v) is 7.42. The average molecular weight is 246 g/mol. The summed E-state index contributed by atoms with van der Waals surface area (Å²) in [7, 11) is 0. The van der Waals surface area contributed by atoms with E-state index in [0.29, 0.717) is 10.3 Å². The Hall–Kier alpha value is -0.232. The Morgan fingerprint density at radius 2 is 2.23 bits per heavy atom. The van der Waals surface area contributed by atoms with Crippen LogP contribution in [0.1, 0.15) is 33.6 Å². The van der Waals surface area contributed by atoms with Crippen LogP contribution in [0.25, 0.3) is 0 Å². The van der Waals surface area contributed by atoms with Gasteiger partial charge in [0.15, 0.2) is 0 Å². The van der Waals surface area contributed by atoms with Crippen LogP contribution in [0.5, 0.6) is 0 Å². The number of aliphatic carboxylic acids is 1. The molecule has 1 N–H and O–H groups in total. The van der Waals surface area contributed by atoms with Crippen LogP contribution < -0.4 is 0 Å². The third-order valence-corrected chi connectivity index (χ3v) is 4.88. The van der Waals surface area contributed by atoms with Crippen LogP contribution in [0, 0.1) is 0 Å². The van der Waals surface area contributed by atoms with E-state index in [1.807, 2.05) is 6.08 Å². The Morgan fingerprint density at radius 1 is 1.62 bits per heavy atom. The van der Waals surface area contributed by atoms with E-state index in [1.165, 1.54) is 18.1 Å². The number of carboxylic acid groups (broad SMARTS) is 1. The number of unbranched alkanes of at least 4 members (excludes halogenated alkanes) is 1. The molecule has 2 nitrogen and oxygen atoms in total. The molecule has 0 radical (unpaired) electrons. The van der Waals surface area contributed by atoms with Gasteiger partial charge in [-0.05, 0) is 0 Å². The Morgan fingerprint density at radius 3 is 2.69 bits per heavy atom. The van der Waals surface area contributed by atoms with Gasteiger partial charge in [0.1, 0.15) is 0 Å². The molecule has 0 bridgehead atoms. The van der Waals surface area contributed by atoms with Gasteiger partial charge in [0.05, 0.1) is 0 Å². The zero-order valence-electron chi connectivity index (χ0n) is 8.63. The van der Waals surface area contributed by atoms with Crippen molar-refractivity contribution in [1.82, 2.24) is 0 Å². The Kier molecular flexibility index (Phi) is 7.07. The van der Waals surface area contributed by atoms with E-state index in [4.69, 9.17) is 5.11 Å². The fourth-order valence-corrected chi connectivity index (χ4v) is 3.91. The molecular formula is C10H19AsO2.